The van der Waals surface area contributed by atoms with Crippen LogP contribution in [0.2, 0.25) is 0 Å². The molecule has 20 heavy (non-hydrogen) atoms. The second kappa shape index (κ2) is 5.96. The second-order valence-electron chi connectivity index (χ2n) is 6.06. The maximum atomic E-state index is 12.9. The Bertz CT molecular complexity index is 401. The van der Waals surface area contributed by atoms with Gasteiger partial charge in [-0.2, -0.15) is 11.8 Å². The highest BCUT2D eigenvalue weighted by atomic mass is 32.2. The van der Waals surface area contributed by atoms with Crippen LogP contribution in [-0.2, 0) is 9.59 Å². The van der Waals surface area contributed by atoms with Crippen molar-refractivity contribution in [2.24, 2.45) is 0 Å². The van der Waals surface area contributed by atoms with E-state index in [9.17, 15) is 9.59 Å². The lowest BCUT2D eigenvalue weighted by Gasteiger charge is -2.47. The second-order valence-corrected chi connectivity index (χ2v) is 7.57. The van der Waals surface area contributed by atoms with Crippen LogP contribution in [0.25, 0.3) is 0 Å². The monoisotopic (exact) mass is 298 g/mol. The van der Waals surface area contributed by atoms with Gasteiger partial charge in [-0.15, -0.1) is 0 Å². The van der Waals surface area contributed by atoms with Crippen molar-refractivity contribution in [3.8, 4) is 0 Å². The van der Waals surface area contributed by atoms with E-state index in [1.807, 2.05) is 37.4 Å². The average Bonchev–Trinajstić information content (AvgIpc) is 2.86. The fourth-order valence-electron chi connectivity index (χ4n) is 3.33. The van der Waals surface area contributed by atoms with Crippen LogP contribution in [0.5, 0.6) is 0 Å². The van der Waals surface area contributed by atoms with Crippen molar-refractivity contribution in [1.29, 1.82) is 0 Å². The lowest BCUT2D eigenvalue weighted by Crippen LogP contribution is -2.70. The van der Waals surface area contributed by atoms with Crippen LogP contribution in [-0.4, -0.2) is 45.3 Å². The number of piperazine rings is 1. The summed E-state index contributed by atoms with van der Waals surface area (Å²) >= 11 is 1.93. The zero-order valence-electron chi connectivity index (χ0n) is 12.9. The Morgan fingerprint density at radius 1 is 1.35 bits per heavy atom. The van der Waals surface area contributed by atoms with Crippen LogP contribution < -0.4 is 5.32 Å². The molecule has 1 saturated heterocycles. The summed E-state index contributed by atoms with van der Waals surface area (Å²) in [7, 11) is 0. The Balaban J connectivity index is 2.27. The van der Waals surface area contributed by atoms with Gasteiger partial charge in [0, 0.05) is 11.3 Å². The van der Waals surface area contributed by atoms with Gasteiger partial charge in [0.1, 0.15) is 11.6 Å². The molecular weight excluding hydrogens is 272 g/mol. The van der Waals surface area contributed by atoms with Crippen molar-refractivity contribution in [1.82, 2.24) is 10.2 Å². The normalized spacial score (nSPS) is 38.2. The predicted octanol–water partition coefficient (Wildman–Crippen LogP) is 2.18. The molecule has 5 heteroatoms. The Labute approximate surface area is 126 Å². The quantitative estimate of drug-likeness (QED) is 0.865. The van der Waals surface area contributed by atoms with Crippen LogP contribution in [0, 0.1) is 0 Å². The van der Waals surface area contributed by atoms with Crippen LogP contribution >= 0.6 is 11.8 Å². The van der Waals surface area contributed by atoms with Crippen LogP contribution in [0.1, 0.15) is 53.4 Å². The zero-order valence-corrected chi connectivity index (χ0v) is 13.8. The molecule has 1 heterocycles. The van der Waals surface area contributed by atoms with Gasteiger partial charge in [0.2, 0.25) is 11.8 Å². The third-order valence-corrected chi connectivity index (χ3v) is 6.08. The largest absolute Gasteiger partial charge is 0.340 e. The van der Waals surface area contributed by atoms with Gasteiger partial charge in [-0.1, -0.05) is 20.3 Å². The highest BCUT2D eigenvalue weighted by Gasteiger charge is 2.49. The summed E-state index contributed by atoms with van der Waals surface area (Å²) < 4.78 is 0. The van der Waals surface area contributed by atoms with Crippen molar-refractivity contribution in [2.45, 2.75) is 76.3 Å². The van der Waals surface area contributed by atoms with Crippen LogP contribution in [0.15, 0.2) is 0 Å². The van der Waals surface area contributed by atoms with Gasteiger partial charge in [-0.3, -0.25) is 9.59 Å². The fourth-order valence-corrected chi connectivity index (χ4v) is 4.58. The first-order chi connectivity index (χ1) is 9.44. The number of amides is 2. The maximum absolute atomic E-state index is 12.9. The topological polar surface area (TPSA) is 49.4 Å². The molecule has 2 aliphatic rings. The first-order valence-corrected chi connectivity index (χ1v) is 8.76. The number of rotatable bonds is 4. The molecule has 2 amide bonds. The molecule has 1 aliphatic carbocycles. The molecule has 2 fully saturated rings. The van der Waals surface area contributed by atoms with Crippen molar-refractivity contribution in [3.05, 3.63) is 0 Å². The molecular formula is C15H26N2O2S. The molecule has 0 aromatic heterocycles. The Morgan fingerprint density at radius 2 is 2.05 bits per heavy atom. The van der Waals surface area contributed by atoms with Crippen molar-refractivity contribution in [3.63, 3.8) is 0 Å². The van der Waals surface area contributed by atoms with E-state index in [2.05, 4.69) is 12.2 Å². The van der Waals surface area contributed by atoms with Gasteiger partial charge in [0.15, 0.2) is 0 Å². The number of carbonyl (C=O) groups is 2. The molecule has 1 N–H and O–H groups in total. The smallest absolute Gasteiger partial charge is 0.248 e. The van der Waals surface area contributed by atoms with E-state index in [-0.39, 0.29) is 23.9 Å². The number of carbonyl (C=O) groups excluding carboxylic acids is 2. The minimum atomic E-state index is -0.729. The zero-order chi connectivity index (χ0) is 14.9. The lowest BCUT2D eigenvalue weighted by molar-refractivity contribution is -0.156. The Morgan fingerprint density at radius 3 is 2.65 bits per heavy atom. The predicted molar refractivity (Wildman–Crippen MR) is 82.7 cm³/mol. The Kier molecular flexibility index (Phi) is 4.67. The molecule has 0 bridgehead atoms. The van der Waals surface area contributed by atoms with E-state index in [1.54, 1.807) is 0 Å². The first-order valence-electron chi connectivity index (χ1n) is 7.71. The fraction of sp³-hybridized carbons (Fsp3) is 0.867. The number of nitrogens with one attached hydrogen (secondary N) is 1. The third-order valence-electron chi connectivity index (χ3n) is 4.77. The van der Waals surface area contributed by atoms with Gasteiger partial charge in [0.05, 0.1) is 0 Å². The number of nitrogens with zero attached hydrogens (tertiary/aromatic N) is 1. The molecule has 0 aromatic rings. The SMILES string of the molecule is CCSC1CCCC1N1C(=O)C(C)(CC)NC(=O)C1C. The first kappa shape index (κ1) is 15.7. The van der Waals surface area contributed by atoms with Gasteiger partial charge < -0.3 is 10.2 Å². The van der Waals surface area contributed by atoms with E-state index in [1.165, 1.54) is 0 Å². The molecule has 4 nitrogen and oxygen atoms in total. The Hall–Kier alpha value is -0.710. The van der Waals surface area contributed by atoms with Crippen LogP contribution in [0.4, 0.5) is 0 Å². The summed E-state index contributed by atoms with van der Waals surface area (Å²) in [6.45, 7) is 7.82. The lowest BCUT2D eigenvalue weighted by atomic mass is 9.90. The summed E-state index contributed by atoms with van der Waals surface area (Å²) in [5, 5.41) is 3.39. The minimum Gasteiger partial charge on any atom is -0.340 e. The maximum Gasteiger partial charge on any atom is 0.248 e. The molecule has 0 radical (unpaired) electrons. The highest BCUT2D eigenvalue weighted by molar-refractivity contribution is 7.99. The van der Waals surface area contributed by atoms with E-state index in [0.717, 1.165) is 25.0 Å². The van der Waals surface area contributed by atoms with Crippen molar-refractivity contribution < 1.29 is 9.59 Å². The molecule has 1 aliphatic heterocycles. The summed E-state index contributed by atoms with van der Waals surface area (Å²) in [5.74, 6) is 1.15. The molecule has 2 rings (SSSR count). The summed E-state index contributed by atoms with van der Waals surface area (Å²) in [6, 6.07) is -0.121. The molecule has 4 unspecified atom stereocenters. The summed E-state index contributed by atoms with van der Waals surface area (Å²) in [6.07, 6.45) is 3.98. The van der Waals surface area contributed by atoms with E-state index in [0.29, 0.717) is 11.7 Å². The van der Waals surface area contributed by atoms with Gasteiger partial charge in [-0.05, 0) is 38.9 Å². The number of thioether (sulfide) groups is 1. The van der Waals surface area contributed by atoms with Crippen molar-refractivity contribution >= 4 is 23.6 Å². The molecule has 4 atom stereocenters. The van der Waals surface area contributed by atoms with Crippen molar-refractivity contribution in [2.75, 3.05) is 5.75 Å². The van der Waals surface area contributed by atoms with Gasteiger partial charge in [-0.25, -0.2) is 0 Å². The number of hydrogen-bond acceptors (Lipinski definition) is 3. The summed E-state index contributed by atoms with van der Waals surface area (Å²) in [4.78, 5) is 27.0. The molecule has 0 aromatic carbocycles. The van der Waals surface area contributed by atoms with Gasteiger partial charge >= 0.3 is 0 Å². The average molecular weight is 298 g/mol. The highest BCUT2D eigenvalue weighted by Crippen LogP contribution is 2.36. The standard InChI is InChI=1S/C15H26N2O2S/c1-5-15(4)14(19)17(10(3)13(18)16-15)11-8-7-9-12(11)20-6-2/h10-12H,5-9H2,1-4H3,(H,16,18). The molecule has 0 spiro atoms. The van der Waals surface area contributed by atoms with E-state index in [4.69, 9.17) is 0 Å². The minimum absolute atomic E-state index is 0.0129. The molecule has 114 valence electrons. The van der Waals surface area contributed by atoms with Crippen LogP contribution in [0.3, 0.4) is 0 Å². The summed E-state index contributed by atoms with van der Waals surface area (Å²) in [5.41, 5.74) is -0.729. The van der Waals surface area contributed by atoms with E-state index >= 15 is 0 Å². The molecule has 1 saturated carbocycles. The third kappa shape index (κ3) is 2.57. The number of hydrogen-bond donors (Lipinski definition) is 1. The van der Waals surface area contributed by atoms with Gasteiger partial charge in [0.25, 0.3) is 0 Å². The van der Waals surface area contributed by atoms with E-state index < -0.39 is 5.54 Å².